The Bertz CT molecular complexity index is 626. The average molecular weight is 310 g/mol. The van der Waals surface area contributed by atoms with Crippen molar-refractivity contribution in [3.05, 3.63) is 71.8 Å². The molecule has 1 atom stereocenters. The lowest BCUT2D eigenvalue weighted by Gasteiger charge is -2.13. The summed E-state index contributed by atoms with van der Waals surface area (Å²) >= 11 is 0. The van der Waals surface area contributed by atoms with Crippen molar-refractivity contribution in [3.63, 3.8) is 0 Å². The number of aryl methyl sites for hydroxylation is 1. The summed E-state index contributed by atoms with van der Waals surface area (Å²) in [5.74, 6) is -1.18. The fraction of sp³-hybridized carbons (Fsp3) is 0.263. The molecule has 0 radical (unpaired) electrons. The van der Waals surface area contributed by atoms with E-state index in [-0.39, 0.29) is 6.04 Å². The predicted molar refractivity (Wildman–Crippen MR) is 90.7 cm³/mol. The minimum atomic E-state index is -0.597. The molecule has 0 aliphatic carbocycles. The number of carbonyl (C=O) groups excluding carboxylic acids is 2. The Hall–Kier alpha value is -2.62. The van der Waals surface area contributed by atoms with Crippen LogP contribution in [0.15, 0.2) is 60.7 Å². The number of rotatable bonds is 6. The van der Waals surface area contributed by atoms with Gasteiger partial charge in [-0.05, 0) is 30.9 Å². The van der Waals surface area contributed by atoms with E-state index in [9.17, 15) is 9.59 Å². The van der Waals surface area contributed by atoms with Crippen LogP contribution in [0.5, 0.6) is 0 Å². The summed E-state index contributed by atoms with van der Waals surface area (Å²) in [4.78, 5) is 23.7. The van der Waals surface area contributed by atoms with E-state index in [1.54, 1.807) is 0 Å². The van der Waals surface area contributed by atoms with Crippen molar-refractivity contribution >= 4 is 11.8 Å². The van der Waals surface area contributed by atoms with Crippen molar-refractivity contribution in [2.75, 3.05) is 0 Å². The number of amides is 2. The van der Waals surface area contributed by atoms with Gasteiger partial charge in [-0.25, -0.2) is 0 Å². The second-order valence-electron chi connectivity index (χ2n) is 5.57. The number of carbonyl (C=O) groups is 2. The highest BCUT2D eigenvalue weighted by Gasteiger charge is 2.15. The zero-order valence-electron chi connectivity index (χ0n) is 13.3. The van der Waals surface area contributed by atoms with Gasteiger partial charge in [0.2, 0.25) is 0 Å². The van der Waals surface area contributed by atoms with Crippen molar-refractivity contribution in [2.45, 2.75) is 32.4 Å². The third kappa shape index (κ3) is 5.94. The molecule has 4 heteroatoms. The predicted octanol–water partition coefficient (Wildman–Crippen LogP) is 2.44. The lowest BCUT2D eigenvalue weighted by molar-refractivity contribution is -0.139. The summed E-state index contributed by atoms with van der Waals surface area (Å²) in [7, 11) is 0. The molecule has 23 heavy (non-hydrogen) atoms. The molecule has 2 aromatic carbocycles. The van der Waals surface area contributed by atoms with Crippen LogP contribution in [-0.2, 0) is 22.6 Å². The van der Waals surface area contributed by atoms with Crippen molar-refractivity contribution in [1.82, 2.24) is 10.6 Å². The first-order valence-electron chi connectivity index (χ1n) is 7.81. The molecule has 120 valence electrons. The molecule has 2 amide bonds. The molecule has 0 heterocycles. The number of hydrogen-bond acceptors (Lipinski definition) is 2. The zero-order chi connectivity index (χ0) is 16.5. The summed E-state index contributed by atoms with van der Waals surface area (Å²) in [6.45, 7) is 2.26. The normalized spacial score (nSPS) is 11.5. The van der Waals surface area contributed by atoms with Gasteiger partial charge in [0.25, 0.3) is 0 Å². The van der Waals surface area contributed by atoms with Gasteiger partial charge in [-0.3, -0.25) is 9.59 Å². The molecule has 2 rings (SSSR count). The minimum absolute atomic E-state index is 0.0508. The molecule has 2 N–H and O–H groups in total. The summed E-state index contributed by atoms with van der Waals surface area (Å²) in [6.07, 6.45) is 1.66. The largest absolute Gasteiger partial charge is 0.345 e. The summed E-state index contributed by atoms with van der Waals surface area (Å²) in [5.41, 5.74) is 2.19. The van der Waals surface area contributed by atoms with Gasteiger partial charge in [0.15, 0.2) is 0 Å². The first kappa shape index (κ1) is 16.7. The molecule has 0 aliphatic heterocycles. The highest BCUT2D eigenvalue weighted by Crippen LogP contribution is 2.04. The first-order valence-corrected chi connectivity index (χ1v) is 7.81. The van der Waals surface area contributed by atoms with Gasteiger partial charge in [-0.1, -0.05) is 60.7 Å². The van der Waals surface area contributed by atoms with E-state index >= 15 is 0 Å². The van der Waals surface area contributed by atoms with Gasteiger partial charge in [-0.15, -0.1) is 0 Å². The zero-order valence-corrected chi connectivity index (χ0v) is 13.3. The highest BCUT2D eigenvalue weighted by atomic mass is 16.2. The van der Waals surface area contributed by atoms with Gasteiger partial charge >= 0.3 is 11.8 Å². The van der Waals surface area contributed by atoms with E-state index in [0.717, 1.165) is 18.4 Å². The van der Waals surface area contributed by atoms with Crippen LogP contribution in [0.3, 0.4) is 0 Å². The summed E-state index contributed by atoms with van der Waals surface area (Å²) in [6, 6.07) is 19.5. The van der Waals surface area contributed by atoms with Gasteiger partial charge in [0.1, 0.15) is 0 Å². The molecule has 0 saturated heterocycles. The summed E-state index contributed by atoms with van der Waals surface area (Å²) < 4.78 is 0. The second-order valence-corrected chi connectivity index (χ2v) is 5.57. The SMILES string of the molecule is C[C@H](CCc1ccccc1)NC(=O)C(=O)NCc1ccccc1. The number of nitrogens with one attached hydrogen (secondary N) is 2. The molecular weight excluding hydrogens is 288 g/mol. The molecule has 0 bridgehead atoms. The van der Waals surface area contributed by atoms with Crippen LogP contribution in [-0.4, -0.2) is 17.9 Å². The molecule has 0 aromatic heterocycles. The Labute approximate surface area is 136 Å². The van der Waals surface area contributed by atoms with Gasteiger partial charge in [0.05, 0.1) is 0 Å². The van der Waals surface area contributed by atoms with E-state index in [0.29, 0.717) is 6.54 Å². The third-order valence-electron chi connectivity index (χ3n) is 3.59. The topological polar surface area (TPSA) is 58.2 Å². The van der Waals surface area contributed by atoms with E-state index in [2.05, 4.69) is 22.8 Å². The standard InChI is InChI=1S/C19H22N2O2/c1-15(12-13-16-8-4-2-5-9-16)21-19(23)18(22)20-14-17-10-6-3-7-11-17/h2-11,15H,12-14H2,1H3,(H,20,22)(H,21,23)/t15-/m1/s1. The lowest BCUT2D eigenvalue weighted by atomic mass is 10.1. The Morgan fingerprint density at radius 1 is 0.870 bits per heavy atom. The monoisotopic (exact) mass is 310 g/mol. The van der Waals surface area contributed by atoms with Crippen molar-refractivity contribution in [3.8, 4) is 0 Å². The Kier molecular flexibility index (Phi) is 6.36. The maximum absolute atomic E-state index is 11.9. The molecule has 0 fully saturated rings. The fourth-order valence-corrected chi connectivity index (χ4v) is 2.25. The molecular formula is C19H22N2O2. The van der Waals surface area contributed by atoms with Crippen LogP contribution in [0.4, 0.5) is 0 Å². The van der Waals surface area contributed by atoms with Crippen LogP contribution in [0, 0.1) is 0 Å². The lowest BCUT2D eigenvalue weighted by Crippen LogP contribution is -2.43. The quantitative estimate of drug-likeness (QED) is 0.805. The molecule has 0 saturated carbocycles. The molecule has 4 nitrogen and oxygen atoms in total. The Morgan fingerprint density at radius 2 is 1.43 bits per heavy atom. The van der Waals surface area contributed by atoms with Crippen LogP contribution in [0.1, 0.15) is 24.5 Å². The molecule has 2 aromatic rings. The maximum atomic E-state index is 11.9. The number of hydrogen-bond donors (Lipinski definition) is 2. The average Bonchev–Trinajstić information content (AvgIpc) is 2.59. The molecule has 0 unspecified atom stereocenters. The van der Waals surface area contributed by atoms with Crippen LogP contribution in [0.2, 0.25) is 0 Å². The highest BCUT2D eigenvalue weighted by molar-refractivity contribution is 6.35. The Balaban J connectivity index is 1.71. The maximum Gasteiger partial charge on any atom is 0.309 e. The fourth-order valence-electron chi connectivity index (χ4n) is 2.25. The number of benzene rings is 2. The van der Waals surface area contributed by atoms with Crippen molar-refractivity contribution in [2.24, 2.45) is 0 Å². The van der Waals surface area contributed by atoms with Gasteiger partial charge < -0.3 is 10.6 Å². The van der Waals surface area contributed by atoms with E-state index < -0.39 is 11.8 Å². The first-order chi connectivity index (χ1) is 11.1. The summed E-state index contributed by atoms with van der Waals surface area (Å²) in [5, 5.41) is 5.36. The van der Waals surface area contributed by atoms with Gasteiger partial charge in [0, 0.05) is 12.6 Å². The van der Waals surface area contributed by atoms with Crippen molar-refractivity contribution in [1.29, 1.82) is 0 Å². The van der Waals surface area contributed by atoms with Crippen LogP contribution in [0.25, 0.3) is 0 Å². The van der Waals surface area contributed by atoms with Gasteiger partial charge in [-0.2, -0.15) is 0 Å². The van der Waals surface area contributed by atoms with E-state index in [4.69, 9.17) is 0 Å². The van der Waals surface area contributed by atoms with Crippen LogP contribution >= 0.6 is 0 Å². The van der Waals surface area contributed by atoms with Crippen molar-refractivity contribution < 1.29 is 9.59 Å². The Morgan fingerprint density at radius 3 is 2.04 bits per heavy atom. The third-order valence-corrected chi connectivity index (χ3v) is 3.59. The van der Waals surface area contributed by atoms with E-state index in [1.807, 2.05) is 55.5 Å². The van der Waals surface area contributed by atoms with Crippen LogP contribution < -0.4 is 10.6 Å². The van der Waals surface area contributed by atoms with E-state index in [1.165, 1.54) is 5.56 Å². The second kappa shape index (κ2) is 8.73. The smallest absolute Gasteiger partial charge is 0.309 e. The minimum Gasteiger partial charge on any atom is -0.345 e. The molecule has 0 aliphatic rings. The molecule has 0 spiro atoms.